The first kappa shape index (κ1) is 25.0. The molecule has 2 aromatic rings. The molecule has 202 valence electrons. The molecule has 1 saturated carbocycles. The van der Waals surface area contributed by atoms with Crippen molar-refractivity contribution >= 4 is 11.8 Å². The van der Waals surface area contributed by atoms with E-state index in [0.29, 0.717) is 48.7 Å². The molecule has 2 atom stereocenters. The van der Waals surface area contributed by atoms with E-state index < -0.39 is 0 Å². The third-order valence-electron chi connectivity index (χ3n) is 7.71. The van der Waals surface area contributed by atoms with Crippen molar-refractivity contribution in [2.75, 3.05) is 39.5 Å². The van der Waals surface area contributed by atoms with Gasteiger partial charge in [0.2, 0.25) is 0 Å². The zero-order valence-electron chi connectivity index (χ0n) is 21.5. The highest BCUT2D eigenvalue weighted by atomic mass is 16.5. The third-order valence-corrected chi connectivity index (χ3v) is 7.71. The molecule has 0 spiro atoms. The summed E-state index contributed by atoms with van der Waals surface area (Å²) in [5, 5.41) is 6.11. The summed E-state index contributed by atoms with van der Waals surface area (Å²) in [4.78, 5) is 28.4. The number of rotatable bonds is 4. The van der Waals surface area contributed by atoms with Crippen LogP contribution < -0.4 is 24.8 Å². The highest BCUT2D eigenvalue weighted by Gasteiger charge is 2.39. The number of hydrogen-bond acceptors (Lipinski definition) is 7. The molecule has 4 heterocycles. The molecule has 0 aromatic heterocycles. The molecule has 2 N–H and O–H groups in total. The van der Waals surface area contributed by atoms with Crippen LogP contribution in [0.15, 0.2) is 42.5 Å². The number of hydrogen-bond donors (Lipinski definition) is 2. The molecule has 5 aliphatic rings. The molecule has 2 saturated heterocycles. The van der Waals surface area contributed by atoms with E-state index in [1.807, 2.05) is 24.3 Å². The van der Waals surface area contributed by atoms with Gasteiger partial charge in [-0.1, -0.05) is 12.1 Å². The number of carbonyl (C=O) groups excluding carboxylic acids is 2. The van der Waals surface area contributed by atoms with Crippen LogP contribution in [0.2, 0.25) is 0 Å². The average Bonchev–Trinajstić information content (AvgIpc) is 3.70. The molecule has 3 fully saturated rings. The lowest BCUT2D eigenvalue weighted by Crippen LogP contribution is -2.45. The Hall–Kier alpha value is -3.30. The van der Waals surface area contributed by atoms with Crippen molar-refractivity contribution in [2.24, 2.45) is 5.92 Å². The van der Waals surface area contributed by atoms with Crippen LogP contribution in [0.1, 0.15) is 41.6 Å². The molecule has 38 heavy (non-hydrogen) atoms. The smallest absolute Gasteiger partial charge is 0.258 e. The zero-order chi connectivity index (χ0) is 25.9. The van der Waals surface area contributed by atoms with Crippen molar-refractivity contribution in [3.8, 4) is 17.2 Å². The molecule has 4 aliphatic heterocycles. The average molecular weight is 522 g/mol. The van der Waals surface area contributed by atoms with Gasteiger partial charge in [0.25, 0.3) is 11.8 Å². The number of fused-ring (bicyclic) bond motifs is 7. The summed E-state index contributed by atoms with van der Waals surface area (Å²) in [7, 11) is 0. The van der Waals surface area contributed by atoms with Crippen LogP contribution in [-0.2, 0) is 16.1 Å². The molecule has 2 amide bonds. The summed E-state index contributed by atoms with van der Waals surface area (Å²) < 4.78 is 23.8. The highest BCUT2D eigenvalue weighted by molar-refractivity contribution is 5.95. The van der Waals surface area contributed by atoms with Crippen molar-refractivity contribution in [1.82, 2.24) is 15.5 Å². The Morgan fingerprint density at radius 1 is 0.947 bits per heavy atom. The Bertz CT molecular complexity index is 1150. The lowest BCUT2D eigenvalue weighted by molar-refractivity contribution is -0.123. The first-order chi connectivity index (χ1) is 18.6. The second kappa shape index (κ2) is 11.2. The lowest BCUT2D eigenvalue weighted by atomic mass is 10.1. The Balaban J connectivity index is 1.27. The summed E-state index contributed by atoms with van der Waals surface area (Å²) in [6, 6.07) is 13.1. The van der Waals surface area contributed by atoms with E-state index in [9.17, 15) is 9.59 Å². The van der Waals surface area contributed by atoms with E-state index in [0.717, 1.165) is 56.8 Å². The fourth-order valence-electron chi connectivity index (χ4n) is 5.29. The SMILES string of the molecule is O=C1COc2cc(OCC3CC3)cc(c2)C(=O)N[C@H]2CN(C3CCOCC3)C[C@@H]2Oc2ccc(cc2)CN1. The minimum atomic E-state index is -0.243. The first-order valence-corrected chi connectivity index (χ1v) is 13.6. The van der Waals surface area contributed by atoms with Gasteiger partial charge in [-0.15, -0.1) is 0 Å². The molecule has 4 bridgehead atoms. The quantitative estimate of drug-likeness (QED) is 0.638. The van der Waals surface area contributed by atoms with Gasteiger partial charge >= 0.3 is 0 Å². The van der Waals surface area contributed by atoms with Crippen molar-refractivity contribution in [3.05, 3.63) is 53.6 Å². The van der Waals surface area contributed by atoms with Gasteiger partial charge in [-0.05, 0) is 61.4 Å². The first-order valence-electron chi connectivity index (χ1n) is 13.6. The second-order valence-corrected chi connectivity index (χ2v) is 10.7. The van der Waals surface area contributed by atoms with Gasteiger partial charge < -0.3 is 29.6 Å². The van der Waals surface area contributed by atoms with E-state index in [2.05, 4.69) is 15.5 Å². The number of likely N-dealkylation sites (tertiary alicyclic amines) is 1. The van der Waals surface area contributed by atoms with Gasteiger partial charge in [0.1, 0.15) is 23.4 Å². The van der Waals surface area contributed by atoms with Crippen LogP contribution in [0.3, 0.4) is 0 Å². The Morgan fingerprint density at radius 3 is 2.55 bits per heavy atom. The molecule has 9 nitrogen and oxygen atoms in total. The zero-order valence-corrected chi connectivity index (χ0v) is 21.5. The van der Waals surface area contributed by atoms with Crippen LogP contribution >= 0.6 is 0 Å². The molecular weight excluding hydrogens is 486 g/mol. The summed E-state index contributed by atoms with van der Waals surface area (Å²) in [5.74, 6) is 1.84. The van der Waals surface area contributed by atoms with Crippen LogP contribution in [0.4, 0.5) is 0 Å². The van der Waals surface area contributed by atoms with Crippen LogP contribution in [0, 0.1) is 5.92 Å². The maximum Gasteiger partial charge on any atom is 0.258 e. The van der Waals surface area contributed by atoms with E-state index in [4.69, 9.17) is 18.9 Å². The van der Waals surface area contributed by atoms with Gasteiger partial charge in [0.05, 0.1) is 12.6 Å². The van der Waals surface area contributed by atoms with Gasteiger partial charge in [0, 0.05) is 50.5 Å². The summed E-state index contributed by atoms with van der Waals surface area (Å²) >= 11 is 0. The molecule has 1 aliphatic carbocycles. The standard InChI is InChI=1S/C29H35N3O6/c33-28-18-37-25-12-21(11-24(13-25)36-17-20-1-2-20)29(34)31-26-15-32(22-7-9-35-10-8-22)16-27(26)38-23-5-3-19(4-6-23)14-30-28/h3-6,11-13,20,22,26-27H,1-2,7-10,14-18H2,(H,30,33)(H,31,34)/t26-,27-/m0/s1. The number of amides is 2. The van der Waals surface area contributed by atoms with Gasteiger partial charge in [-0.3, -0.25) is 14.5 Å². The van der Waals surface area contributed by atoms with E-state index in [-0.39, 0.29) is 30.6 Å². The van der Waals surface area contributed by atoms with Crippen molar-refractivity contribution < 1.29 is 28.5 Å². The predicted octanol–water partition coefficient (Wildman–Crippen LogP) is 2.52. The highest BCUT2D eigenvalue weighted by Crippen LogP contribution is 2.31. The topological polar surface area (TPSA) is 98.4 Å². The minimum Gasteiger partial charge on any atom is -0.493 e. The van der Waals surface area contributed by atoms with Crippen LogP contribution in [0.25, 0.3) is 0 Å². The normalized spacial score (nSPS) is 24.9. The number of benzene rings is 2. The number of nitrogens with one attached hydrogen (secondary N) is 2. The van der Waals surface area contributed by atoms with E-state index >= 15 is 0 Å². The van der Waals surface area contributed by atoms with Crippen molar-refractivity contribution in [1.29, 1.82) is 0 Å². The Morgan fingerprint density at radius 2 is 1.76 bits per heavy atom. The van der Waals surface area contributed by atoms with E-state index in [1.54, 1.807) is 18.2 Å². The molecule has 2 aromatic carbocycles. The monoisotopic (exact) mass is 521 g/mol. The fourth-order valence-corrected chi connectivity index (χ4v) is 5.29. The molecular formula is C29H35N3O6. The summed E-state index contributed by atoms with van der Waals surface area (Å²) in [6.07, 6.45) is 4.09. The van der Waals surface area contributed by atoms with Crippen molar-refractivity contribution in [3.63, 3.8) is 0 Å². The summed E-state index contributed by atoms with van der Waals surface area (Å²) in [5.41, 5.74) is 1.40. The lowest BCUT2D eigenvalue weighted by Gasteiger charge is -2.30. The molecule has 9 heteroatoms. The Labute approximate surface area is 222 Å². The molecule has 7 rings (SSSR count). The number of ether oxygens (including phenoxy) is 4. The molecule has 0 radical (unpaired) electrons. The minimum absolute atomic E-state index is 0.154. The third kappa shape index (κ3) is 6.22. The van der Waals surface area contributed by atoms with Crippen LogP contribution in [-0.4, -0.2) is 74.4 Å². The number of carbonyl (C=O) groups is 2. The van der Waals surface area contributed by atoms with Gasteiger partial charge in [-0.2, -0.15) is 0 Å². The number of nitrogens with zero attached hydrogens (tertiary/aromatic N) is 1. The van der Waals surface area contributed by atoms with Crippen molar-refractivity contribution in [2.45, 2.75) is 50.4 Å². The maximum absolute atomic E-state index is 13.5. The second-order valence-electron chi connectivity index (χ2n) is 10.7. The molecule has 0 unspecified atom stereocenters. The maximum atomic E-state index is 13.5. The predicted molar refractivity (Wildman–Crippen MR) is 140 cm³/mol. The van der Waals surface area contributed by atoms with E-state index in [1.165, 1.54) is 0 Å². The fraction of sp³-hybridized carbons (Fsp3) is 0.517. The largest absolute Gasteiger partial charge is 0.493 e. The summed E-state index contributed by atoms with van der Waals surface area (Å²) in [6.45, 7) is 3.81. The van der Waals surface area contributed by atoms with Crippen LogP contribution in [0.5, 0.6) is 17.2 Å². The Kier molecular flexibility index (Phi) is 7.38. The van der Waals surface area contributed by atoms with Gasteiger partial charge in [0.15, 0.2) is 6.61 Å². The van der Waals surface area contributed by atoms with Gasteiger partial charge in [-0.25, -0.2) is 0 Å².